The van der Waals surface area contributed by atoms with Gasteiger partial charge in [0.05, 0.1) is 46.2 Å². The van der Waals surface area contributed by atoms with Crippen molar-refractivity contribution in [1.29, 1.82) is 0 Å². The molecule has 11 nitrogen and oxygen atoms in total. The summed E-state index contributed by atoms with van der Waals surface area (Å²) >= 11 is 0. The fraction of sp³-hybridized carbons (Fsp3) is 0.375. The summed E-state index contributed by atoms with van der Waals surface area (Å²) in [5, 5.41) is 21.8. The van der Waals surface area contributed by atoms with E-state index in [9.17, 15) is 10.2 Å². The molecule has 0 aromatic heterocycles. The first kappa shape index (κ1) is 42.8. The number of hydrogen-bond acceptors (Lipinski definition) is 11. The Kier molecular flexibility index (Phi) is 16.2. The molecule has 10 atom stereocenters. The van der Waals surface area contributed by atoms with Crippen molar-refractivity contribution in [3.05, 3.63) is 179 Å². The van der Waals surface area contributed by atoms with Crippen molar-refractivity contribution in [1.82, 2.24) is 0 Å². The molecule has 59 heavy (non-hydrogen) atoms. The standard InChI is InChI=1S/C48H54O11/c1-51-47-46(43(41(50)39(27-49)57-47)54-30-36-21-11-4-12-22-36)59-48-45(56-32-38-25-15-6-16-26-38)44(55-31-37-23-13-5-14-24-37)42(53-29-35-19-9-3-10-20-35)40(58-48)33-52-28-34-17-7-2-8-18-34/h2-26,39-50H,27-33H2,1H3/t39?,40-,41+,42+,43?,44?,45?,46?,47-,48+/m0/s1. The van der Waals surface area contributed by atoms with Crippen LogP contribution in [0.5, 0.6) is 0 Å². The van der Waals surface area contributed by atoms with Crippen molar-refractivity contribution in [2.75, 3.05) is 20.3 Å². The molecule has 2 aliphatic rings. The Morgan fingerprint density at radius 3 is 1.27 bits per heavy atom. The third kappa shape index (κ3) is 11.9. The lowest BCUT2D eigenvalue weighted by Crippen LogP contribution is -2.66. The summed E-state index contributed by atoms with van der Waals surface area (Å²) in [6.07, 6.45) is -9.55. The summed E-state index contributed by atoms with van der Waals surface area (Å²) in [5.74, 6) is 0. The second kappa shape index (κ2) is 22.3. The van der Waals surface area contributed by atoms with Crippen molar-refractivity contribution in [3.8, 4) is 0 Å². The highest BCUT2D eigenvalue weighted by Crippen LogP contribution is 2.35. The molecule has 2 N–H and O–H groups in total. The van der Waals surface area contributed by atoms with Crippen molar-refractivity contribution in [2.24, 2.45) is 0 Å². The molecule has 0 bridgehead atoms. The van der Waals surface area contributed by atoms with Crippen LogP contribution >= 0.6 is 0 Å². The molecule has 0 radical (unpaired) electrons. The van der Waals surface area contributed by atoms with Crippen LogP contribution in [0.4, 0.5) is 0 Å². The van der Waals surface area contributed by atoms with E-state index in [4.69, 9.17) is 42.6 Å². The van der Waals surface area contributed by atoms with Crippen molar-refractivity contribution >= 4 is 0 Å². The molecular weight excluding hydrogens is 753 g/mol. The van der Waals surface area contributed by atoms with E-state index in [0.717, 1.165) is 27.8 Å². The van der Waals surface area contributed by atoms with E-state index >= 15 is 0 Å². The summed E-state index contributed by atoms with van der Waals surface area (Å²) in [6.45, 7) is 0.898. The van der Waals surface area contributed by atoms with E-state index < -0.39 is 68.0 Å². The van der Waals surface area contributed by atoms with Crippen LogP contribution in [0.3, 0.4) is 0 Å². The fourth-order valence-electron chi connectivity index (χ4n) is 7.34. The fourth-order valence-corrected chi connectivity index (χ4v) is 7.34. The molecule has 5 unspecified atom stereocenters. The zero-order chi connectivity index (χ0) is 40.7. The van der Waals surface area contributed by atoms with Gasteiger partial charge in [-0.1, -0.05) is 152 Å². The highest BCUT2D eigenvalue weighted by atomic mass is 16.8. The molecule has 0 amide bonds. The lowest BCUT2D eigenvalue weighted by Gasteiger charge is -2.49. The number of aliphatic hydroxyl groups is 2. The van der Waals surface area contributed by atoms with Gasteiger partial charge < -0.3 is 52.8 Å². The lowest BCUT2D eigenvalue weighted by atomic mass is 9.96. The second-order valence-electron chi connectivity index (χ2n) is 14.6. The maximum atomic E-state index is 11.6. The van der Waals surface area contributed by atoms with Gasteiger partial charge in [0.25, 0.3) is 0 Å². The Hall–Kier alpha value is -4.34. The molecule has 2 fully saturated rings. The number of hydrogen-bond donors (Lipinski definition) is 2. The normalized spacial score (nSPS) is 27.0. The van der Waals surface area contributed by atoms with E-state index in [2.05, 4.69) is 0 Å². The first-order valence-electron chi connectivity index (χ1n) is 20.1. The van der Waals surface area contributed by atoms with Crippen molar-refractivity contribution in [3.63, 3.8) is 0 Å². The van der Waals surface area contributed by atoms with E-state index in [-0.39, 0.29) is 33.0 Å². The monoisotopic (exact) mass is 806 g/mol. The summed E-state index contributed by atoms with van der Waals surface area (Å²) in [4.78, 5) is 0. The van der Waals surface area contributed by atoms with Gasteiger partial charge in [0.1, 0.15) is 48.8 Å². The van der Waals surface area contributed by atoms with Crippen LogP contribution in [0.2, 0.25) is 0 Å². The quantitative estimate of drug-likeness (QED) is 0.0912. The molecule has 0 saturated carbocycles. The minimum Gasteiger partial charge on any atom is -0.394 e. The van der Waals surface area contributed by atoms with Crippen molar-refractivity contribution in [2.45, 2.75) is 94.4 Å². The van der Waals surface area contributed by atoms with Gasteiger partial charge in [-0.3, -0.25) is 0 Å². The molecule has 11 heteroatoms. The van der Waals surface area contributed by atoms with Crippen LogP contribution in [0.25, 0.3) is 0 Å². The lowest BCUT2D eigenvalue weighted by molar-refractivity contribution is -0.378. The third-order valence-corrected chi connectivity index (χ3v) is 10.4. The molecule has 312 valence electrons. The van der Waals surface area contributed by atoms with Crippen LogP contribution in [0.15, 0.2) is 152 Å². The first-order chi connectivity index (χ1) is 29.1. The summed E-state index contributed by atoms with van der Waals surface area (Å²) < 4.78 is 59.0. The molecule has 2 aliphatic heterocycles. The average molecular weight is 807 g/mol. The van der Waals surface area contributed by atoms with Crippen LogP contribution in [0, 0.1) is 0 Å². The molecule has 2 saturated heterocycles. The molecule has 0 aliphatic carbocycles. The van der Waals surface area contributed by atoms with Gasteiger partial charge in [-0.15, -0.1) is 0 Å². The van der Waals surface area contributed by atoms with Crippen molar-refractivity contribution < 1.29 is 52.8 Å². The highest BCUT2D eigenvalue weighted by molar-refractivity contribution is 5.17. The minimum atomic E-state index is -1.27. The zero-order valence-corrected chi connectivity index (χ0v) is 33.2. The van der Waals surface area contributed by atoms with E-state index in [1.807, 2.05) is 152 Å². The smallest absolute Gasteiger partial charge is 0.187 e. The van der Waals surface area contributed by atoms with Gasteiger partial charge in [-0.2, -0.15) is 0 Å². The minimum absolute atomic E-state index is 0.128. The Balaban J connectivity index is 1.24. The average Bonchev–Trinajstić information content (AvgIpc) is 3.29. The molecule has 5 aromatic rings. The Morgan fingerprint density at radius 1 is 0.441 bits per heavy atom. The SMILES string of the molecule is CO[C@H]1OC(CO)[C@@H](O)C(OCc2ccccc2)C1O[C@H]1O[C@@H](COCc2ccccc2)[C@@H](OCc2ccccc2)C(OCc2ccccc2)C1OCc1ccccc1. The number of methoxy groups -OCH3 is 1. The largest absolute Gasteiger partial charge is 0.394 e. The molecule has 7 rings (SSSR count). The topological polar surface area (TPSA) is 124 Å². The summed E-state index contributed by atoms with van der Waals surface area (Å²) in [6, 6.07) is 49.2. The van der Waals surface area contributed by atoms with Gasteiger partial charge in [0, 0.05) is 7.11 Å². The third-order valence-electron chi connectivity index (χ3n) is 10.4. The number of rotatable bonds is 20. The predicted molar refractivity (Wildman–Crippen MR) is 218 cm³/mol. The van der Waals surface area contributed by atoms with Gasteiger partial charge >= 0.3 is 0 Å². The highest BCUT2D eigenvalue weighted by Gasteiger charge is 2.54. The van der Waals surface area contributed by atoms with Gasteiger partial charge in [-0.05, 0) is 27.8 Å². The number of ether oxygens (including phenoxy) is 9. The Labute approximate surface area is 346 Å². The van der Waals surface area contributed by atoms with Gasteiger partial charge in [-0.25, -0.2) is 0 Å². The van der Waals surface area contributed by atoms with E-state index in [0.29, 0.717) is 6.61 Å². The van der Waals surface area contributed by atoms with Crippen LogP contribution < -0.4 is 0 Å². The van der Waals surface area contributed by atoms with Gasteiger partial charge in [0.15, 0.2) is 12.6 Å². The van der Waals surface area contributed by atoms with E-state index in [1.165, 1.54) is 7.11 Å². The molecule has 5 aromatic carbocycles. The molecule has 2 heterocycles. The van der Waals surface area contributed by atoms with Gasteiger partial charge in [0.2, 0.25) is 0 Å². The second-order valence-corrected chi connectivity index (χ2v) is 14.6. The zero-order valence-electron chi connectivity index (χ0n) is 33.2. The summed E-state index contributed by atoms with van der Waals surface area (Å²) in [7, 11) is 1.48. The molecular formula is C48H54O11. The Morgan fingerprint density at radius 2 is 0.831 bits per heavy atom. The van der Waals surface area contributed by atoms with E-state index in [1.54, 1.807) is 0 Å². The number of aliphatic hydroxyl groups excluding tert-OH is 2. The predicted octanol–water partition coefficient (Wildman–Crippen LogP) is 6.38. The summed E-state index contributed by atoms with van der Waals surface area (Å²) in [5.41, 5.74) is 4.77. The number of benzene rings is 5. The Bertz CT molecular complexity index is 1890. The van der Waals surface area contributed by atoms with Crippen LogP contribution in [0.1, 0.15) is 27.8 Å². The maximum Gasteiger partial charge on any atom is 0.187 e. The first-order valence-corrected chi connectivity index (χ1v) is 20.1. The molecule has 0 spiro atoms. The maximum absolute atomic E-state index is 11.6. The van der Waals surface area contributed by atoms with Crippen LogP contribution in [-0.2, 0) is 75.7 Å². The van der Waals surface area contributed by atoms with Crippen LogP contribution in [-0.4, -0.2) is 91.9 Å².